The second-order valence-corrected chi connectivity index (χ2v) is 3.63. The van der Waals surface area contributed by atoms with Gasteiger partial charge in [-0.25, -0.2) is 4.98 Å². The van der Waals surface area contributed by atoms with Crippen molar-refractivity contribution >= 4 is 0 Å². The third kappa shape index (κ3) is 1.79. The molecule has 2 N–H and O–H groups in total. The summed E-state index contributed by atoms with van der Waals surface area (Å²) < 4.78 is 1.92. The van der Waals surface area contributed by atoms with Gasteiger partial charge in [0.15, 0.2) is 0 Å². The van der Waals surface area contributed by atoms with Gasteiger partial charge < -0.3 is 14.8 Å². The van der Waals surface area contributed by atoms with Crippen LogP contribution in [0.15, 0.2) is 18.7 Å². The topological polar surface area (TPSA) is 61.5 Å². The van der Waals surface area contributed by atoms with Crippen LogP contribution in [0.2, 0.25) is 0 Å². The molecule has 14 heavy (non-hydrogen) atoms. The van der Waals surface area contributed by atoms with Crippen LogP contribution in [0.3, 0.4) is 0 Å². The summed E-state index contributed by atoms with van der Waals surface area (Å²) in [6, 6.07) is 0.0732. The van der Waals surface area contributed by atoms with Gasteiger partial charge in [-0.15, -0.1) is 0 Å². The molecular weight excluding hydrogens is 182 g/mol. The summed E-state index contributed by atoms with van der Waals surface area (Å²) in [6.07, 6.45) is 4.92. The summed E-state index contributed by atoms with van der Waals surface area (Å²) in [5.74, 6) is 0. The minimum absolute atomic E-state index is 0.0732. The molecule has 2 rings (SSSR count). The Morgan fingerprint density at radius 1 is 1.43 bits per heavy atom. The molecular formula is C9H15N3O2. The molecule has 5 nitrogen and oxygen atoms in total. The molecule has 0 aliphatic carbocycles. The molecule has 1 fully saturated rings. The SMILES string of the molecule is OCCN1CC(O)C(n2ccnc2)C1. The van der Waals surface area contributed by atoms with E-state index in [-0.39, 0.29) is 18.8 Å². The predicted octanol–water partition coefficient (Wildman–Crippen LogP) is -0.907. The monoisotopic (exact) mass is 197 g/mol. The number of hydrogen-bond donors (Lipinski definition) is 2. The van der Waals surface area contributed by atoms with Gasteiger partial charge in [0, 0.05) is 32.0 Å². The lowest BCUT2D eigenvalue weighted by Gasteiger charge is -2.15. The molecule has 78 valence electrons. The highest BCUT2D eigenvalue weighted by Gasteiger charge is 2.31. The van der Waals surface area contributed by atoms with Crippen LogP contribution in [0.25, 0.3) is 0 Å². The van der Waals surface area contributed by atoms with Gasteiger partial charge >= 0.3 is 0 Å². The van der Waals surface area contributed by atoms with Crippen molar-refractivity contribution in [3.05, 3.63) is 18.7 Å². The summed E-state index contributed by atoms with van der Waals surface area (Å²) in [6.45, 7) is 2.17. The summed E-state index contributed by atoms with van der Waals surface area (Å²) in [4.78, 5) is 6.01. The molecule has 1 saturated heterocycles. The van der Waals surface area contributed by atoms with Gasteiger partial charge in [-0.05, 0) is 0 Å². The van der Waals surface area contributed by atoms with E-state index in [0.717, 1.165) is 6.54 Å². The molecule has 2 heterocycles. The van der Waals surface area contributed by atoms with E-state index in [1.165, 1.54) is 0 Å². The van der Waals surface area contributed by atoms with Crippen molar-refractivity contribution in [3.8, 4) is 0 Å². The molecule has 2 unspecified atom stereocenters. The molecule has 1 aromatic heterocycles. The van der Waals surface area contributed by atoms with Gasteiger partial charge in [0.25, 0.3) is 0 Å². The first-order chi connectivity index (χ1) is 6.81. The maximum Gasteiger partial charge on any atom is 0.0949 e. The fourth-order valence-electron chi connectivity index (χ4n) is 1.93. The average Bonchev–Trinajstić information content (AvgIpc) is 2.74. The molecule has 2 atom stereocenters. The second-order valence-electron chi connectivity index (χ2n) is 3.63. The Hall–Kier alpha value is -0.910. The van der Waals surface area contributed by atoms with Gasteiger partial charge in [-0.1, -0.05) is 0 Å². The summed E-state index contributed by atoms with van der Waals surface area (Å²) in [7, 11) is 0. The third-order valence-corrected chi connectivity index (χ3v) is 2.66. The highest BCUT2D eigenvalue weighted by atomic mass is 16.3. The number of likely N-dealkylation sites (tertiary alicyclic amines) is 1. The number of nitrogens with zero attached hydrogens (tertiary/aromatic N) is 3. The first-order valence-electron chi connectivity index (χ1n) is 4.80. The molecule has 0 amide bonds. The molecule has 1 aliphatic rings. The van der Waals surface area contributed by atoms with Gasteiger partial charge in [0.05, 0.1) is 25.1 Å². The number of imidazole rings is 1. The van der Waals surface area contributed by atoms with Crippen LogP contribution in [0.4, 0.5) is 0 Å². The number of hydrogen-bond acceptors (Lipinski definition) is 4. The highest BCUT2D eigenvalue weighted by Crippen LogP contribution is 2.21. The van der Waals surface area contributed by atoms with Crippen LogP contribution < -0.4 is 0 Å². The van der Waals surface area contributed by atoms with Crippen LogP contribution in [0.5, 0.6) is 0 Å². The van der Waals surface area contributed by atoms with Crippen molar-refractivity contribution < 1.29 is 10.2 Å². The van der Waals surface area contributed by atoms with Gasteiger partial charge in [-0.3, -0.25) is 4.90 Å². The number of aromatic nitrogens is 2. The zero-order valence-electron chi connectivity index (χ0n) is 7.95. The van der Waals surface area contributed by atoms with Gasteiger partial charge in [-0.2, -0.15) is 0 Å². The van der Waals surface area contributed by atoms with Crippen LogP contribution >= 0.6 is 0 Å². The van der Waals surface area contributed by atoms with Crippen molar-refractivity contribution in [3.63, 3.8) is 0 Å². The zero-order chi connectivity index (χ0) is 9.97. The highest BCUT2D eigenvalue weighted by molar-refractivity contribution is 4.91. The smallest absolute Gasteiger partial charge is 0.0949 e. The maximum atomic E-state index is 9.79. The van der Waals surface area contributed by atoms with E-state index >= 15 is 0 Å². The van der Waals surface area contributed by atoms with Crippen LogP contribution in [0, 0.1) is 0 Å². The number of rotatable bonds is 3. The lowest BCUT2D eigenvalue weighted by atomic mass is 10.2. The summed E-state index contributed by atoms with van der Waals surface area (Å²) in [5, 5.41) is 18.6. The Morgan fingerprint density at radius 3 is 2.93 bits per heavy atom. The van der Waals surface area contributed by atoms with Gasteiger partial charge in [0.1, 0.15) is 0 Å². The van der Waals surface area contributed by atoms with Crippen LogP contribution in [0.1, 0.15) is 6.04 Å². The van der Waals surface area contributed by atoms with Crippen LogP contribution in [-0.2, 0) is 0 Å². The number of aliphatic hydroxyl groups excluding tert-OH is 2. The maximum absolute atomic E-state index is 9.79. The van der Waals surface area contributed by atoms with Crippen molar-refractivity contribution in [1.82, 2.24) is 14.5 Å². The fourth-order valence-corrected chi connectivity index (χ4v) is 1.93. The van der Waals surface area contributed by atoms with E-state index in [1.54, 1.807) is 12.5 Å². The molecule has 1 aromatic rings. The molecule has 0 bridgehead atoms. The molecule has 0 aromatic carbocycles. The molecule has 1 aliphatic heterocycles. The van der Waals surface area contributed by atoms with Crippen molar-refractivity contribution in [1.29, 1.82) is 0 Å². The van der Waals surface area contributed by atoms with E-state index in [4.69, 9.17) is 5.11 Å². The van der Waals surface area contributed by atoms with E-state index < -0.39 is 0 Å². The zero-order valence-corrected chi connectivity index (χ0v) is 7.95. The lowest BCUT2D eigenvalue weighted by Crippen LogP contribution is -2.25. The fraction of sp³-hybridized carbons (Fsp3) is 0.667. The molecule has 0 spiro atoms. The van der Waals surface area contributed by atoms with Crippen molar-refractivity contribution in [2.45, 2.75) is 12.1 Å². The molecule has 0 saturated carbocycles. The largest absolute Gasteiger partial charge is 0.395 e. The quantitative estimate of drug-likeness (QED) is 0.659. The predicted molar refractivity (Wildman–Crippen MR) is 50.8 cm³/mol. The standard InChI is InChI=1S/C9H15N3O2/c13-4-3-11-5-8(9(14)6-11)12-2-1-10-7-12/h1-2,7-9,13-14H,3-6H2. The first kappa shape index (κ1) is 9.64. The van der Waals surface area contributed by atoms with E-state index in [9.17, 15) is 5.11 Å². The van der Waals surface area contributed by atoms with E-state index in [1.807, 2.05) is 10.8 Å². The first-order valence-corrected chi connectivity index (χ1v) is 4.80. The Kier molecular flexibility index (Phi) is 2.81. The van der Waals surface area contributed by atoms with Crippen LogP contribution in [-0.4, -0.2) is 57.0 Å². The number of β-amino-alcohol motifs (C(OH)–C–C–N with tert-alkyl or cyclic N) is 2. The Morgan fingerprint density at radius 2 is 2.29 bits per heavy atom. The Balaban J connectivity index is 2.01. The average molecular weight is 197 g/mol. The van der Waals surface area contributed by atoms with E-state index in [0.29, 0.717) is 13.1 Å². The van der Waals surface area contributed by atoms with Crippen molar-refractivity contribution in [2.24, 2.45) is 0 Å². The normalized spacial score (nSPS) is 28.4. The lowest BCUT2D eigenvalue weighted by molar-refractivity contribution is 0.141. The Labute approximate surface area is 82.6 Å². The molecule has 0 radical (unpaired) electrons. The summed E-state index contributed by atoms with van der Waals surface area (Å²) >= 11 is 0. The summed E-state index contributed by atoms with van der Waals surface area (Å²) in [5.41, 5.74) is 0. The minimum atomic E-state index is -0.365. The molecule has 5 heteroatoms. The Bertz CT molecular complexity index is 276. The van der Waals surface area contributed by atoms with Gasteiger partial charge in [0.2, 0.25) is 0 Å². The minimum Gasteiger partial charge on any atom is -0.395 e. The van der Waals surface area contributed by atoms with Crippen molar-refractivity contribution in [2.75, 3.05) is 26.2 Å². The van der Waals surface area contributed by atoms with E-state index in [2.05, 4.69) is 9.88 Å². The number of aliphatic hydroxyl groups is 2. The third-order valence-electron chi connectivity index (χ3n) is 2.66. The second kappa shape index (κ2) is 4.08.